The number of hydrogen-bond donors (Lipinski definition) is 1. The van der Waals surface area contributed by atoms with Gasteiger partial charge in [0.25, 0.3) is 0 Å². The van der Waals surface area contributed by atoms with Crippen molar-refractivity contribution < 1.29 is 4.92 Å². The van der Waals surface area contributed by atoms with Crippen molar-refractivity contribution >= 4 is 34.7 Å². The van der Waals surface area contributed by atoms with Crippen LogP contribution < -0.4 is 5.73 Å². The van der Waals surface area contributed by atoms with Crippen LogP contribution in [0.5, 0.6) is 0 Å². The summed E-state index contributed by atoms with van der Waals surface area (Å²) in [7, 11) is 0. The van der Waals surface area contributed by atoms with Gasteiger partial charge < -0.3 is 5.73 Å². The van der Waals surface area contributed by atoms with Crippen LogP contribution in [-0.2, 0) is 6.54 Å². The molecule has 0 atom stereocenters. The Morgan fingerprint density at radius 1 is 1.42 bits per heavy atom. The molecule has 1 aromatic heterocycles. The van der Waals surface area contributed by atoms with E-state index in [0.29, 0.717) is 10.0 Å². The third kappa shape index (κ3) is 2.64. The van der Waals surface area contributed by atoms with Gasteiger partial charge in [0.2, 0.25) is 5.82 Å². The molecule has 0 saturated carbocycles. The highest BCUT2D eigenvalue weighted by molar-refractivity contribution is 6.42. The Balaban J connectivity index is 2.36. The fourth-order valence-electron chi connectivity index (χ4n) is 1.75. The maximum absolute atomic E-state index is 10.8. The molecule has 0 amide bonds. The quantitative estimate of drug-likeness (QED) is 0.697. The maximum Gasteiger partial charge on any atom is 0.333 e. The van der Waals surface area contributed by atoms with E-state index in [9.17, 15) is 10.1 Å². The molecule has 2 aromatic rings. The molecular formula is C11H10Cl2N4O2. The fraction of sp³-hybridized carbons (Fsp3) is 0.182. The number of nitrogens with zero attached hydrogens (tertiary/aromatic N) is 3. The first-order chi connectivity index (χ1) is 8.90. The molecule has 0 bridgehead atoms. The summed E-state index contributed by atoms with van der Waals surface area (Å²) >= 11 is 11.7. The summed E-state index contributed by atoms with van der Waals surface area (Å²) < 4.78 is 1.37. The second-order valence-corrected chi connectivity index (χ2v) is 4.80. The van der Waals surface area contributed by atoms with Crippen LogP contribution in [-0.4, -0.2) is 14.7 Å². The Hall–Kier alpha value is -1.79. The molecule has 100 valence electrons. The lowest BCUT2D eigenvalue weighted by atomic mass is 10.2. The molecule has 0 aliphatic carbocycles. The first kappa shape index (κ1) is 13.6. The molecule has 6 nitrogen and oxygen atoms in total. The van der Waals surface area contributed by atoms with Crippen molar-refractivity contribution in [1.29, 1.82) is 0 Å². The molecule has 2 N–H and O–H groups in total. The van der Waals surface area contributed by atoms with Gasteiger partial charge in [-0.2, -0.15) is 5.10 Å². The van der Waals surface area contributed by atoms with Crippen LogP contribution in [0.3, 0.4) is 0 Å². The molecule has 0 saturated heterocycles. The van der Waals surface area contributed by atoms with Crippen molar-refractivity contribution in [2.75, 3.05) is 5.73 Å². The van der Waals surface area contributed by atoms with Gasteiger partial charge in [-0.15, -0.1) is 0 Å². The van der Waals surface area contributed by atoms with Crippen LogP contribution in [0.25, 0.3) is 0 Å². The van der Waals surface area contributed by atoms with Gasteiger partial charge in [-0.1, -0.05) is 29.3 Å². The van der Waals surface area contributed by atoms with Crippen molar-refractivity contribution in [2.24, 2.45) is 0 Å². The second kappa shape index (κ2) is 5.07. The Labute approximate surface area is 118 Å². The van der Waals surface area contributed by atoms with Gasteiger partial charge in [0.15, 0.2) is 0 Å². The molecule has 1 heterocycles. The van der Waals surface area contributed by atoms with Crippen molar-refractivity contribution in [3.8, 4) is 0 Å². The van der Waals surface area contributed by atoms with E-state index in [2.05, 4.69) is 5.10 Å². The first-order valence-electron chi connectivity index (χ1n) is 5.31. The Kier molecular flexibility index (Phi) is 3.64. The summed E-state index contributed by atoms with van der Waals surface area (Å²) in [6.07, 6.45) is 0. The highest BCUT2D eigenvalue weighted by Crippen LogP contribution is 2.27. The number of nitro groups is 1. The molecule has 1 aromatic carbocycles. The number of nitrogens with two attached hydrogens (primary N) is 1. The van der Waals surface area contributed by atoms with Crippen molar-refractivity contribution in [2.45, 2.75) is 13.5 Å². The number of hydrogen-bond acceptors (Lipinski definition) is 4. The van der Waals surface area contributed by atoms with E-state index >= 15 is 0 Å². The lowest BCUT2D eigenvalue weighted by molar-refractivity contribution is -0.384. The lowest BCUT2D eigenvalue weighted by Crippen LogP contribution is -2.06. The molecule has 0 aliphatic heterocycles. The third-order valence-corrected chi connectivity index (χ3v) is 3.37. The summed E-state index contributed by atoms with van der Waals surface area (Å²) in [4.78, 5) is 10.3. The monoisotopic (exact) mass is 300 g/mol. The lowest BCUT2D eigenvalue weighted by Gasteiger charge is -2.05. The molecule has 2 rings (SSSR count). The van der Waals surface area contributed by atoms with Gasteiger partial charge in [-0.05, 0) is 24.6 Å². The fourth-order valence-corrected chi connectivity index (χ4v) is 2.07. The molecular weight excluding hydrogens is 291 g/mol. The standard InChI is InChI=1S/C11H10Cl2N4O2/c1-6-10(17(18)19)11(14)16(15-6)5-7-2-3-8(12)9(13)4-7/h2-4H,5,14H2,1H3. The first-order valence-corrected chi connectivity index (χ1v) is 6.07. The van der Waals surface area contributed by atoms with Gasteiger partial charge in [0.05, 0.1) is 21.5 Å². The van der Waals surface area contributed by atoms with E-state index in [1.165, 1.54) is 4.68 Å². The van der Waals surface area contributed by atoms with E-state index in [4.69, 9.17) is 28.9 Å². The number of halogens is 2. The van der Waals surface area contributed by atoms with E-state index < -0.39 is 4.92 Å². The summed E-state index contributed by atoms with van der Waals surface area (Å²) in [6, 6.07) is 5.09. The van der Waals surface area contributed by atoms with Crippen LogP contribution in [0.2, 0.25) is 10.0 Å². The Bertz CT molecular complexity index is 654. The van der Waals surface area contributed by atoms with Gasteiger partial charge in [0.1, 0.15) is 5.69 Å². The average molecular weight is 301 g/mol. The van der Waals surface area contributed by atoms with Crippen LogP contribution in [0.1, 0.15) is 11.3 Å². The zero-order valence-corrected chi connectivity index (χ0v) is 11.4. The highest BCUT2D eigenvalue weighted by Gasteiger charge is 2.22. The van der Waals surface area contributed by atoms with E-state index in [-0.39, 0.29) is 23.7 Å². The minimum Gasteiger partial charge on any atom is -0.378 e. The molecule has 8 heteroatoms. The van der Waals surface area contributed by atoms with Crippen molar-refractivity contribution in [1.82, 2.24) is 9.78 Å². The van der Waals surface area contributed by atoms with Crippen molar-refractivity contribution in [3.05, 3.63) is 49.6 Å². The number of benzene rings is 1. The minimum absolute atomic E-state index is 0.0218. The molecule has 0 unspecified atom stereocenters. The highest BCUT2D eigenvalue weighted by atomic mass is 35.5. The summed E-state index contributed by atoms with van der Waals surface area (Å²) in [5.74, 6) is 0.0218. The number of nitrogen functional groups attached to an aromatic ring is 1. The summed E-state index contributed by atoms with van der Waals surface area (Å²) in [5.41, 5.74) is 6.64. The zero-order valence-electron chi connectivity index (χ0n) is 9.93. The number of rotatable bonds is 3. The van der Waals surface area contributed by atoms with Gasteiger partial charge in [0, 0.05) is 0 Å². The number of aromatic nitrogens is 2. The van der Waals surface area contributed by atoms with E-state index in [1.807, 2.05) is 0 Å². The number of aryl methyl sites for hydroxylation is 1. The Morgan fingerprint density at radius 3 is 2.63 bits per heavy atom. The van der Waals surface area contributed by atoms with Gasteiger partial charge in [-0.3, -0.25) is 10.1 Å². The molecule has 0 spiro atoms. The predicted molar refractivity (Wildman–Crippen MR) is 73.6 cm³/mol. The van der Waals surface area contributed by atoms with Crippen LogP contribution in [0.15, 0.2) is 18.2 Å². The van der Waals surface area contributed by atoms with Crippen LogP contribution in [0, 0.1) is 17.0 Å². The zero-order chi connectivity index (χ0) is 14.2. The number of anilines is 1. The molecule has 0 fully saturated rings. The van der Waals surface area contributed by atoms with Gasteiger partial charge in [-0.25, -0.2) is 4.68 Å². The Morgan fingerprint density at radius 2 is 2.11 bits per heavy atom. The van der Waals surface area contributed by atoms with Gasteiger partial charge >= 0.3 is 5.69 Å². The maximum atomic E-state index is 10.8. The molecule has 19 heavy (non-hydrogen) atoms. The smallest absolute Gasteiger partial charge is 0.333 e. The van der Waals surface area contributed by atoms with Crippen LogP contribution >= 0.6 is 23.2 Å². The van der Waals surface area contributed by atoms with E-state index in [1.54, 1.807) is 25.1 Å². The molecule has 0 aliphatic rings. The van der Waals surface area contributed by atoms with Crippen molar-refractivity contribution in [3.63, 3.8) is 0 Å². The summed E-state index contributed by atoms with van der Waals surface area (Å²) in [6.45, 7) is 1.83. The van der Waals surface area contributed by atoms with Crippen LogP contribution in [0.4, 0.5) is 11.5 Å². The summed E-state index contributed by atoms with van der Waals surface area (Å²) in [5, 5.41) is 15.8. The largest absolute Gasteiger partial charge is 0.378 e. The van der Waals surface area contributed by atoms with E-state index in [0.717, 1.165) is 5.56 Å². The second-order valence-electron chi connectivity index (χ2n) is 3.98. The normalized spacial score (nSPS) is 10.7. The molecule has 0 radical (unpaired) electrons. The average Bonchev–Trinajstić information content (AvgIpc) is 2.59. The predicted octanol–water partition coefficient (Wildman–Crippen LogP) is 3.04. The minimum atomic E-state index is -0.539. The SMILES string of the molecule is Cc1nn(Cc2ccc(Cl)c(Cl)c2)c(N)c1[N+](=O)[O-]. The third-order valence-electron chi connectivity index (χ3n) is 2.63. The topological polar surface area (TPSA) is 87.0 Å².